The predicted molar refractivity (Wildman–Crippen MR) is 141 cm³/mol. The summed E-state index contributed by atoms with van der Waals surface area (Å²) in [4.78, 5) is 18.5. The van der Waals surface area contributed by atoms with Gasteiger partial charge >= 0.3 is 0 Å². The van der Waals surface area contributed by atoms with E-state index in [2.05, 4.69) is 27.7 Å². The van der Waals surface area contributed by atoms with E-state index in [0.717, 1.165) is 46.8 Å². The number of ether oxygens (including phenoxy) is 1. The molecule has 0 atom stereocenters. The molecule has 186 valence electrons. The Hall–Kier alpha value is -4.46. The minimum absolute atomic E-state index is 0.238. The van der Waals surface area contributed by atoms with Gasteiger partial charge in [0.25, 0.3) is 11.6 Å². The van der Waals surface area contributed by atoms with E-state index in [1.165, 1.54) is 0 Å². The van der Waals surface area contributed by atoms with E-state index in [9.17, 15) is 4.79 Å². The van der Waals surface area contributed by atoms with Crippen molar-refractivity contribution in [1.29, 1.82) is 0 Å². The number of hydrogen-bond donors (Lipinski definition) is 1. The van der Waals surface area contributed by atoms with Crippen molar-refractivity contribution < 1.29 is 14.1 Å². The maximum absolute atomic E-state index is 13.8. The number of methoxy groups -OCH3 is 1. The van der Waals surface area contributed by atoms with Crippen LogP contribution in [0.15, 0.2) is 65.2 Å². The Labute approximate surface area is 214 Å². The van der Waals surface area contributed by atoms with Gasteiger partial charge in [0.05, 0.1) is 41.7 Å². The molecule has 8 nitrogen and oxygen atoms in total. The molecule has 0 saturated heterocycles. The van der Waals surface area contributed by atoms with Crippen LogP contribution in [0.25, 0.3) is 22.4 Å². The second-order valence-corrected chi connectivity index (χ2v) is 9.45. The number of nitrogens with zero attached hydrogens (tertiary/aromatic N) is 4. The molecule has 1 fully saturated rings. The largest absolute Gasteiger partial charge is 0.497 e. The lowest BCUT2D eigenvalue weighted by Crippen LogP contribution is -2.15. The number of rotatable bonds is 7. The number of aromatic nitrogens is 4. The van der Waals surface area contributed by atoms with Crippen molar-refractivity contribution in [3.8, 4) is 17.0 Å². The molecule has 0 unspecified atom stereocenters. The third kappa shape index (κ3) is 4.35. The second kappa shape index (κ2) is 9.20. The number of carbonyl (C=O) groups excluding carboxylic acids is 1. The minimum atomic E-state index is -0.238. The molecule has 1 aliphatic rings. The summed E-state index contributed by atoms with van der Waals surface area (Å²) in [6.07, 6.45) is 2.12. The van der Waals surface area contributed by atoms with Crippen LogP contribution in [0.3, 0.4) is 0 Å². The molecule has 0 spiro atoms. The van der Waals surface area contributed by atoms with Crippen LogP contribution in [0.2, 0.25) is 0 Å². The van der Waals surface area contributed by atoms with Crippen molar-refractivity contribution in [1.82, 2.24) is 19.9 Å². The zero-order chi connectivity index (χ0) is 25.5. The highest BCUT2D eigenvalue weighted by molar-refractivity contribution is 6.15. The van der Waals surface area contributed by atoms with Crippen LogP contribution in [-0.4, -0.2) is 32.9 Å². The van der Waals surface area contributed by atoms with Crippen molar-refractivity contribution in [2.45, 2.75) is 39.2 Å². The van der Waals surface area contributed by atoms with E-state index < -0.39 is 0 Å². The van der Waals surface area contributed by atoms with Crippen molar-refractivity contribution in [2.75, 3.05) is 12.4 Å². The molecule has 6 rings (SSSR count). The van der Waals surface area contributed by atoms with Crippen LogP contribution in [0.4, 0.5) is 5.69 Å². The molecule has 1 N–H and O–H groups in total. The van der Waals surface area contributed by atoms with Crippen molar-refractivity contribution in [3.63, 3.8) is 0 Å². The molecule has 2 aromatic carbocycles. The topological polar surface area (TPSA) is 95.1 Å². The number of benzene rings is 2. The van der Waals surface area contributed by atoms with Crippen molar-refractivity contribution in [2.24, 2.45) is 0 Å². The van der Waals surface area contributed by atoms with Gasteiger partial charge in [0.15, 0.2) is 0 Å². The molecule has 1 amide bonds. The lowest BCUT2D eigenvalue weighted by Gasteiger charge is -2.10. The van der Waals surface area contributed by atoms with Gasteiger partial charge in [-0.05, 0) is 62.6 Å². The Morgan fingerprint density at radius 1 is 1.11 bits per heavy atom. The van der Waals surface area contributed by atoms with Gasteiger partial charge in [-0.25, -0.2) is 4.98 Å². The minimum Gasteiger partial charge on any atom is -0.497 e. The van der Waals surface area contributed by atoms with E-state index in [1.54, 1.807) is 7.11 Å². The normalized spacial score (nSPS) is 13.2. The standard InChI is InChI=1S/C29H27N5O3/c1-17-26(18(2)34(32-17)16-19-7-5-4-6-8-19)31-28(35)23-15-24(20-9-10-20)30-29-25(23)27(33-37-29)21-11-13-22(36-3)14-12-21/h4-8,11-15,20H,9-10,16H2,1-3H3,(H,31,35). The predicted octanol–water partition coefficient (Wildman–Crippen LogP) is 5.89. The van der Waals surface area contributed by atoms with Gasteiger partial charge in [-0.2, -0.15) is 5.10 Å². The van der Waals surface area contributed by atoms with Gasteiger partial charge in [-0.3, -0.25) is 9.48 Å². The molecule has 0 bridgehead atoms. The SMILES string of the molecule is COc1ccc(-c2noc3nc(C4CC4)cc(C(=O)Nc4c(C)nn(Cc5ccccc5)c4C)c23)cc1. The van der Waals surface area contributed by atoms with Gasteiger partial charge in [0, 0.05) is 17.2 Å². The summed E-state index contributed by atoms with van der Waals surface area (Å²) in [7, 11) is 1.62. The zero-order valence-corrected chi connectivity index (χ0v) is 21.0. The first kappa shape index (κ1) is 23.0. The highest BCUT2D eigenvalue weighted by Crippen LogP contribution is 2.41. The Kier molecular flexibility index (Phi) is 5.71. The summed E-state index contributed by atoms with van der Waals surface area (Å²) < 4.78 is 12.9. The van der Waals surface area contributed by atoms with E-state index in [-0.39, 0.29) is 5.91 Å². The second-order valence-electron chi connectivity index (χ2n) is 9.45. The van der Waals surface area contributed by atoms with E-state index in [0.29, 0.717) is 40.5 Å². The van der Waals surface area contributed by atoms with Gasteiger partial charge < -0.3 is 14.6 Å². The Morgan fingerprint density at radius 3 is 2.57 bits per heavy atom. The Morgan fingerprint density at radius 2 is 1.86 bits per heavy atom. The molecule has 37 heavy (non-hydrogen) atoms. The van der Waals surface area contributed by atoms with Crippen LogP contribution in [0, 0.1) is 13.8 Å². The first-order valence-electron chi connectivity index (χ1n) is 12.4. The summed E-state index contributed by atoms with van der Waals surface area (Å²) in [5.74, 6) is 0.849. The first-order valence-corrected chi connectivity index (χ1v) is 12.4. The molecule has 1 saturated carbocycles. The Balaban J connectivity index is 1.39. The maximum Gasteiger partial charge on any atom is 0.259 e. The van der Waals surface area contributed by atoms with Gasteiger partial charge in [0.2, 0.25) is 0 Å². The molecule has 0 aliphatic heterocycles. The van der Waals surface area contributed by atoms with Crippen LogP contribution >= 0.6 is 0 Å². The van der Waals surface area contributed by atoms with E-state index in [1.807, 2.05) is 67.1 Å². The number of pyridine rings is 1. The van der Waals surface area contributed by atoms with Crippen LogP contribution < -0.4 is 10.1 Å². The van der Waals surface area contributed by atoms with Crippen molar-refractivity contribution in [3.05, 3.63) is 88.9 Å². The highest BCUT2D eigenvalue weighted by Gasteiger charge is 2.30. The Bertz CT molecular complexity index is 1600. The monoisotopic (exact) mass is 493 g/mol. The number of aryl methyl sites for hydroxylation is 1. The number of hydrogen-bond acceptors (Lipinski definition) is 6. The fraction of sp³-hybridized carbons (Fsp3) is 0.241. The molecular weight excluding hydrogens is 466 g/mol. The lowest BCUT2D eigenvalue weighted by molar-refractivity contribution is 0.102. The maximum atomic E-state index is 13.8. The molecule has 3 aromatic heterocycles. The fourth-order valence-corrected chi connectivity index (χ4v) is 4.65. The summed E-state index contributed by atoms with van der Waals surface area (Å²) >= 11 is 0. The smallest absolute Gasteiger partial charge is 0.259 e. The number of nitrogens with one attached hydrogen (secondary N) is 1. The molecule has 5 aromatic rings. The van der Waals surface area contributed by atoms with Crippen LogP contribution in [0.5, 0.6) is 5.75 Å². The summed E-state index contributed by atoms with van der Waals surface area (Å²) in [5, 5.41) is 12.7. The van der Waals surface area contributed by atoms with Crippen molar-refractivity contribution >= 4 is 22.7 Å². The van der Waals surface area contributed by atoms with E-state index >= 15 is 0 Å². The molecule has 3 heterocycles. The van der Waals surface area contributed by atoms with Gasteiger partial charge in [-0.1, -0.05) is 35.5 Å². The lowest BCUT2D eigenvalue weighted by atomic mass is 10.0. The quantitative estimate of drug-likeness (QED) is 0.304. The third-order valence-corrected chi connectivity index (χ3v) is 6.87. The first-order chi connectivity index (χ1) is 18.0. The average Bonchev–Trinajstić information content (AvgIpc) is 3.64. The van der Waals surface area contributed by atoms with Gasteiger partial charge in [0.1, 0.15) is 11.4 Å². The van der Waals surface area contributed by atoms with Crippen LogP contribution in [0.1, 0.15) is 51.8 Å². The summed E-state index contributed by atoms with van der Waals surface area (Å²) in [5.41, 5.74) is 6.62. The summed E-state index contributed by atoms with van der Waals surface area (Å²) in [6, 6.07) is 19.5. The number of carbonyl (C=O) groups is 1. The summed E-state index contributed by atoms with van der Waals surface area (Å²) in [6.45, 7) is 4.50. The average molecular weight is 494 g/mol. The number of anilines is 1. The number of amides is 1. The third-order valence-electron chi connectivity index (χ3n) is 6.87. The number of fused-ring (bicyclic) bond motifs is 1. The molecule has 8 heteroatoms. The molecule has 1 aliphatic carbocycles. The van der Waals surface area contributed by atoms with Crippen LogP contribution in [-0.2, 0) is 6.54 Å². The fourth-order valence-electron chi connectivity index (χ4n) is 4.65. The molecular formula is C29H27N5O3. The highest BCUT2D eigenvalue weighted by atomic mass is 16.5. The van der Waals surface area contributed by atoms with Gasteiger partial charge in [-0.15, -0.1) is 0 Å². The molecule has 0 radical (unpaired) electrons. The van der Waals surface area contributed by atoms with E-state index in [4.69, 9.17) is 14.2 Å². The zero-order valence-electron chi connectivity index (χ0n) is 21.0.